The lowest BCUT2D eigenvalue weighted by Gasteiger charge is -2.21. The zero-order chi connectivity index (χ0) is 21.3. The first-order valence-electron chi connectivity index (χ1n) is 11.2. The maximum Gasteiger partial charge on any atom is 0.184 e. The summed E-state index contributed by atoms with van der Waals surface area (Å²) in [4.78, 5) is 0. The molecule has 0 N–H and O–H groups in total. The average Bonchev–Trinajstić information content (AvgIpc) is 2.79. The molecule has 0 saturated heterocycles. The lowest BCUT2D eigenvalue weighted by atomic mass is 9.92. The summed E-state index contributed by atoms with van der Waals surface area (Å²) in [7, 11) is 5.14. The van der Waals surface area contributed by atoms with Crippen LogP contribution in [0.15, 0.2) is 36.4 Å². The van der Waals surface area contributed by atoms with Crippen molar-refractivity contribution < 1.29 is 31.2 Å². The van der Waals surface area contributed by atoms with Crippen molar-refractivity contribution in [2.75, 3.05) is 27.9 Å². The summed E-state index contributed by atoms with van der Waals surface area (Å²) >= 11 is 0. The van der Waals surface area contributed by atoms with E-state index in [9.17, 15) is 0 Å². The zero-order valence-electron chi connectivity index (χ0n) is 19.4. The minimum Gasteiger partial charge on any atom is -1.00 e. The SMILES string of the molecule is CCCCCCCC1=[N+](Cc2ccc(OC)cc2)CCc2cc(OC)c(OC)cc21.[Cl-]. The van der Waals surface area contributed by atoms with Gasteiger partial charge in [-0.15, -0.1) is 0 Å². The number of fused-ring (bicyclic) bond motifs is 1. The Morgan fingerprint density at radius 1 is 0.839 bits per heavy atom. The van der Waals surface area contributed by atoms with Crippen molar-refractivity contribution in [1.82, 2.24) is 0 Å². The van der Waals surface area contributed by atoms with E-state index >= 15 is 0 Å². The average molecular weight is 446 g/mol. The van der Waals surface area contributed by atoms with Crippen molar-refractivity contribution in [1.29, 1.82) is 0 Å². The molecule has 0 aromatic heterocycles. The first-order valence-corrected chi connectivity index (χ1v) is 11.2. The molecule has 0 spiro atoms. The molecule has 31 heavy (non-hydrogen) atoms. The lowest BCUT2D eigenvalue weighted by Crippen LogP contribution is -3.00. The Labute approximate surface area is 193 Å². The molecular weight excluding hydrogens is 410 g/mol. The van der Waals surface area contributed by atoms with Gasteiger partial charge in [-0.25, -0.2) is 4.58 Å². The van der Waals surface area contributed by atoms with E-state index < -0.39 is 0 Å². The Hall–Kier alpha value is -2.20. The van der Waals surface area contributed by atoms with E-state index in [0.717, 1.165) is 43.2 Å². The molecule has 0 radical (unpaired) electrons. The van der Waals surface area contributed by atoms with Crippen LogP contribution in [0, 0.1) is 0 Å². The molecule has 5 heteroatoms. The van der Waals surface area contributed by atoms with Crippen molar-refractivity contribution in [2.45, 2.75) is 58.4 Å². The number of benzene rings is 2. The van der Waals surface area contributed by atoms with Gasteiger partial charge in [0.25, 0.3) is 0 Å². The molecule has 1 aliphatic rings. The Kier molecular flexibility index (Phi) is 10.2. The monoisotopic (exact) mass is 445 g/mol. The van der Waals surface area contributed by atoms with E-state index in [-0.39, 0.29) is 12.4 Å². The Morgan fingerprint density at radius 3 is 2.16 bits per heavy atom. The Morgan fingerprint density at radius 2 is 1.52 bits per heavy atom. The van der Waals surface area contributed by atoms with Gasteiger partial charge in [0.15, 0.2) is 23.8 Å². The molecule has 0 amide bonds. The minimum atomic E-state index is 0. The smallest absolute Gasteiger partial charge is 0.184 e. The van der Waals surface area contributed by atoms with Gasteiger partial charge in [-0.2, -0.15) is 0 Å². The topological polar surface area (TPSA) is 30.7 Å². The summed E-state index contributed by atoms with van der Waals surface area (Å²) in [6, 6.07) is 12.8. The highest BCUT2D eigenvalue weighted by atomic mass is 35.5. The molecule has 0 unspecified atom stereocenters. The molecule has 2 aromatic rings. The number of unbranched alkanes of at least 4 members (excludes halogenated alkanes) is 4. The van der Waals surface area contributed by atoms with E-state index in [4.69, 9.17) is 14.2 Å². The van der Waals surface area contributed by atoms with Crippen LogP contribution < -0.4 is 26.6 Å². The second kappa shape index (κ2) is 12.6. The second-order valence-corrected chi connectivity index (χ2v) is 7.99. The summed E-state index contributed by atoms with van der Waals surface area (Å²) in [5.41, 5.74) is 5.43. The van der Waals surface area contributed by atoms with Gasteiger partial charge in [0.05, 0.1) is 21.3 Å². The van der Waals surface area contributed by atoms with Gasteiger partial charge in [-0.3, -0.25) is 0 Å². The van der Waals surface area contributed by atoms with Crippen molar-refractivity contribution in [2.24, 2.45) is 0 Å². The normalized spacial score (nSPS) is 12.8. The van der Waals surface area contributed by atoms with Gasteiger partial charge < -0.3 is 26.6 Å². The fourth-order valence-electron chi connectivity index (χ4n) is 4.27. The van der Waals surface area contributed by atoms with Crippen LogP contribution in [0.2, 0.25) is 0 Å². The molecule has 1 heterocycles. The number of rotatable bonds is 11. The van der Waals surface area contributed by atoms with Gasteiger partial charge in [0.1, 0.15) is 12.3 Å². The standard InChI is InChI=1S/C26H36NO3.ClH/c1-5-6-7-8-9-10-24-23-18-26(30-4)25(29-3)17-21(23)15-16-27(24)19-20-11-13-22(28-2)14-12-20;/h11-14,17-18H,5-10,15-16,19H2,1-4H3;1H/q+1;/p-1. The second-order valence-electron chi connectivity index (χ2n) is 7.99. The number of halogens is 1. The van der Waals surface area contributed by atoms with Crippen molar-refractivity contribution in [3.63, 3.8) is 0 Å². The highest BCUT2D eigenvalue weighted by Gasteiger charge is 2.27. The first kappa shape index (κ1) is 25.1. The minimum absolute atomic E-state index is 0. The predicted molar refractivity (Wildman–Crippen MR) is 123 cm³/mol. The summed E-state index contributed by atoms with van der Waals surface area (Å²) in [5.74, 6) is 2.54. The van der Waals surface area contributed by atoms with Crippen molar-refractivity contribution in [3.05, 3.63) is 53.1 Å². The van der Waals surface area contributed by atoms with Crippen molar-refractivity contribution in [3.8, 4) is 17.2 Å². The van der Waals surface area contributed by atoms with Crippen LogP contribution in [-0.2, 0) is 13.0 Å². The number of ether oxygens (including phenoxy) is 3. The molecule has 2 aromatic carbocycles. The third-order valence-electron chi connectivity index (χ3n) is 6.00. The summed E-state index contributed by atoms with van der Waals surface area (Å²) < 4.78 is 19.0. The third kappa shape index (κ3) is 6.39. The van der Waals surface area contributed by atoms with E-state index in [1.807, 2.05) is 12.1 Å². The number of methoxy groups -OCH3 is 3. The molecule has 4 nitrogen and oxygen atoms in total. The number of hydrogen-bond acceptors (Lipinski definition) is 3. The van der Waals surface area contributed by atoms with Crippen LogP contribution in [0.4, 0.5) is 0 Å². The van der Waals surface area contributed by atoms with Crippen LogP contribution in [-0.4, -0.2) is 38.2 Å². The molecular formula is C26H36ClNO3. The largest absolute Gasteiger partial charge is 1.00 e. The molecule has 0 fully saturated rings. The van der Waals surface area contributed by atoms with E-state index in [0.29, 0.717) is 0 Å². The maximum atomic E-state index is 5.62. The maximum absolute atomic E-state index is 5.62. The van der Waals surface area contributed by atoms with Crippen LogP contribution in [0.5, 0.6) is 17.2 Å². The van der Waals surface area contributed by atoms with E-state index in [2.05, 4.69) is 35.8 Å². The van der Waals surface area contributed by atoms with Crippen LogP contribution >= 0.6 is 0 Å². The molecule has 0 atom stereocenters. The predicted octanol–water partition coefficient (Wildman–Crippen LogP) is 2.63. The van der Waals surface area contributed by atoms with E-state index in [1.165, 1.54) is 54.5 Å². The fourth-order valence-corrected chi connectivity index (χ4v) is 4.27. The zero-order valence-corrected chi connectivity index (χ0v) is 20.1. The molecule has 0 saturated carbocycles. The van der Waals surface area contributed by atoms with Gasteiger partial charge in [-0.05, 0) is 48.4 Å². The summed E-state index contributed by atoms with van der Waals surface area (Å²) in [6.07, 6.45) is 8.56. The molecule has 0 bridgehead atoms. The molecule has 0 aliphatic carbocycles. The van der Waals surface area contributed by atoms with Gasteiger partial charge in [-0.1, -0.05) is 32.6 Å². The quantitative estimate of drug-likeness (QED) is 0.393. The molecule has 1 aliphatic heterocycles. The highest BCUT2D eigenvalue weighted by Crippen LogP contribution is 2.33. The Bertz CT molecular complexity index is 862. The van der Waals surface area contributed by atoms with Gasteiger partial charge in [0.2, 0.25) is 0 Å². The van der Waals surface area contributed by atoms with Crippen LogP contribution in [0.1, 0.15) is 62.1 Å². The van der Waals surface area contributed by atoms with Gasteiger partial charge in [0, 0.05) is 24.0 Å². The van der Waals surface area contributed by atoms with Crippen LogP contribution in [0.25, 0.3) is 0 Å². The lowest BCUT2D eigenvalue weighted by molar-refractivity contribution is -0.545. The third-order valence-corrected chi connectivity index (χ3v) is 6.00. The number of hydrogen-bond donors (Lipinski definition) is 0. The Balaban J connectivity index is 0.00000341. The molecule has 170 valence electrons. The fraction of sp³-hybridized carbons (Fsp3) is 0.500. The highest BCUT2D eigenvalue weighted by molar-refractivity contribution is 5.99. The summed E-state index contributed by atoms with van der Waals surface area (Å²) in [6.45, 7) is 4.21. The first-order chi connectivity index (χ1) is 14.7. The molecule has 3 rings (SSSR count). The van der Waals surface area contributed by atoms with Crippen LogP contribution in [0.3, 0.4) is 0 Å². The van der Waals surface area contributed by atoms with Crippen molar-refractivity contribution >= 4 is 5.71 Å². The summed E-state index contributed by atoms with van der Waals surface area (Å²) in [5, 5.41) is 0. The van der Waals surface area contributed by atoms with E-state index in [1.54, 1.807) is 21.3 Å². The number of nitrogens with zero attached hydrogens (tertiary/aromatic N) is 1. The van der Waals surface area contributed by atoms with Gasteiger partial charge >= 0.3 is 0 Å².